The van der Waals surface area contributed by atoms with Crippen LogP contribution >= 0.6 is 0 Å². The summed E-state index contributed by atoms with van der Waals surface area (Å²) >= 11 is 0. The zero-order chi connectivity index (χ0) is 27.9. The number of ether oxygens (including phenoxy) is 4. The molecule has 0 N–H and O–H groups in total. The SMILES string of the molecule is C=CC(=O)OCCOc1cccc(C#Cc2ccc(C#Cc3ccccc3OCCOC(=O)C=C)cc2F)c1. The third-order valence-corrected chi connectivity index (χ3v) is 4.89. The van der Waals surface area contributed by atoms with Crippen LogP contribution in [-0.2, 0) is 19.1 Å². The topological polar surface area (TPSA) is 71.1 Å². The van der Waals surface area contributed by atoms with E-state index in [2.05, 4.69) is 36.8 Å². The molecule has 0 aliphatic heterocycles. The Labute approximate surface area is 226 Å². The molecule has 0 aromatic heterocycles. The molecule has 0 heterocycles. The van der Waals surface area contributed by atoms with Crippen LogP contribution in [0.3, 0.4) is 0 Å². The Balaban J connectivity index is 1.63. The van der Waals surface area contributed by atoms with Crippen molar-refractivity contribution in [2.24, 2.45) is 0 Å². The van der Waals surface area contributed by atoms with Crippen LogP contribution in [0.15, 0.2) is 92.0 Å². The summed E-state index contributed by atoms with van der Waals surface area (Å²) in [4.78, 5) is 22.2. The van der Waals surface area contributed by atoms with E-state index >= 15 is 0 Å². The van der Waals surface area contributed by atoms with Gasteiger partial charge in [0.25, 0.3) is 0 Å². The van der Waals surface area contributed by atoms with Crippen LogP contribution in [0.2, 0.25) is 0 Å². The van der Waals surface area contributed by atoms with Gasteiger partial charge in [-0.3, -0.25) is 0 Å². The van der Waals surface area contributed by atoms with Gasteiger partial charge in [-0.15, -0.1) is 0 Å². The van der Waals surface area contributed by atoms with E-state index in [1.165, 1.54) is 6.07 Å². The van der Waals surface area contributed by atoms with Gasteiger partial charge in [-0.25, -0.2) is 14.0 Å². The van der Waals surface area contributed by atoms with Crippen molar-refractivity contribution in [1.29, 1.82) is 0 Å². The molecule has 0 fully saturated rings. The third-order valence-electron chi connectivity index (χ3n) is 4.89. The van der Waals surface area contributed by atoms with Gasteiger partial charge in [0, 0.05) is 23.3 Å². The lowest BCUT2D eigenvalue weighted by Gasteiger charge is -2.08. The zero-order valence-corrected chi connectivity index (χ0v) is 21.1. The molecule has 0 aliphatic carbocycles. The van der Waals surface area contributed by atoms with Gasteiger partial charge in [0.05, 0.1) is 11.1 Å². The molecule has 3 aromatic rings. The number of rotatable bonds is 10. The van der Waals surface area contributed by atoms with Crippen LogP contribution < -0.4 is 9.47 Å². The maximum atomic E-state index is 14.7. The Bertz CT molecular complexity index is 1470. The molecule has 3 aromatic carbocycles. The first kappa shape index (κ1) is 28.3. The predicted octanol–water partition coefficient (Wildman–Crippen LogP) is 4.84. The molecular weight excluding hydrogens is 499 g/mol. The average molecular weight is 525 g/mol. The average Bonchev–Trinajstić information content (AvgIpc) is 2.96. The normalized spacial score (nSPS) is 9.56. The second-order valence-corrected chi connectivity index (χ2v) is 7.66. The lowest BCUT2D eigenvalue weighted by molar-refractivity contribution is -0.139. The summed E-state index contributed by atoms with van der Waals surface area (Å²) in [6, 6.07) is 18.7. The van der Waals surface area contributed by atoms with Crippen molar-refractivity contribution in [3.63, 3.8) is 0 Å². The van der Waals surface area contributed by atoms with Crippen LogP contribution in [0.1, 0.15) is 22.3 Å². The number of para-hydroxylation sites is 1. The number of esters is 2. The first-order valence-electron chi connectivity index (χ1n) is 11.8. The molecule has 0 bridgehead atoms. The maximum Gasteiger partial charge on any atom is 0.330 e. The molecule has 3 rings (SSSR count). The molecule has 39 heavy (non-hydrogen) atoms. The van der Waals surface area contributed by atoms with Crippen LogP contribution in [0, 0.1) is 29.5 Å². The largest absolute Gasteiger partial charge is 0.490 e. The Kier molecular flexibility index (Phi) is 11.0. The first-order chi connectivity index (χ1) is 19.0. The van der Waals surface area contributed by atoms with Crippen molar-refractivity contribution >= 4 is 11.9 Å². The number of halogens is 1. The fourth-order valence-electron chi connectivity index (χ4n) is 3.05. The van der Waals surface area contributed by atoms with Gasteiger partial charge < -0.3 is 18.9 Å². The van der Waals surface area contributed by atoms with Gasteiger partial charge in [0.2, 0.25) is 0 Å². The highest BCUT2D eigenvalue weighted by Gasteiger charge is 2.04. The van der Waals surface area contributed by atoms with E-state index in [0.717, 1.165) is 12.2 Å². The van der Waals surface area contributed by atoms with Crippen LogP contribution in [-0.4, -0.2) is 38.4 Å². The molecule has 196 valence electrons. The lowest BCUT2D eigenvalue weighted by atomic mass is 10.1. The Morgan fingerprint density at radius 3 is 2.03 bits per heavy atom. The number of carbonyl (C=O) groups is 2. The van der Waals surface area contributed by atoms with Crippen molar-refractivity contribution in [3.05, 3.63) is 120 Å². The van der Waals surface area contributed by atoms with Crippen molar-refractivity contribution in [2.75, 3.05) is 26.4 Å². The van der Waals surface area contributed by atoms with Gasteiger partial charge in [-0.2, -0.15) is 0 Å². The van der Waals surface area contributed by atoms with Crippen molar-refractivity contribution < 1.29 is 32.9 Å². The van der Waals surface area contributed by atoms with Crippen molar-refractivity contribution in [3.8, 4) is 35.2 Å². The third kappa shape index (κ3) is 9.60. The van der Waals surface area contributed by atoms with E-state index in [0.29, 0.717) is 28.2 Å². The highest BCUT2D eigenvalue weighted by atomic mass is 19.1. The highest BCUT2D eigenvalue weighted by molar-refractivity contribution is 5.81. The van der Waals surface area contributed by atoms with E-state index in [1.54, 1.807) is 54.6 Å². The van der Waals surface area contributed by atoms with Gasteiger partial charge in [0.1, 0.15) is 43.7 Å². The minimum atomic E-state index is -0.523. The van der Waals surface area contributed by atoms with E-state index in [4.69, 9.17) is 18.9 Å². The quantitative estimate of drug-likeness (QED) is 0.164. The smallest absolute Gasteiger partial charge is 0.330 e. The van der Waals surface area contributed by atoms with E-state index in [1.807, 2.05) is 6.07 Å². The van der Waals surface area contributed by atoms with Crippen LogP contribution in [0.4, 0.5) is 4.39 Å². The Morgan fingerprint density at radius 2 is 1.33 bits per heavy atom. The summed E-state index contributed by atoms with van der Waals surface area (Å²) in [7, 11) is 0. The van der Waals surface area contributed by atoms with Gasteiger partial charge in [-0.05, 0) is 48.5 Å². The molecule has 6 nitrogen and oxygen atoms in total. The Hall–Kier alpha value is -5.27. The van der Waals surface area contributed by atoms with Crippen LogP contribution in [0.5, 0.6) is 11.5 Å². The van der Waals surface area contributed by atoms with Gasteiger partial charge in [-0.1, -0.05) is 55.0 Å². The zero-order valence-electron chi connectivity index (χ0n) is 21.1. The van der Waals surface area contributed by atoms with E-state index < -0.39 is 17.8 Å². The molecule has 0 aliphatic rings. The van der Waals surface area contributed by atoms with Crippen molar-refractivity contribution in [2.45, 2.75) is 0 Å². The number of hydrogen-bond acceptors (Lipinski definition) is 6. The standard InChI is InChI=1S/C32H25FO6/c1-3-31(34)38-20-18-36-28-10-7-8-24(22-28)12-15-26-16-13-25(23-29(26)33)14-17-27-9-5-6-11-30(27)37-19-21-39-32(35)4-2/h3-11,13,16,22-23H,1-2,18-21H2. The monoisotopic (exact) mass is 524 g/mol. The molecule has 0 amide bonds. The molecule has 0 saturated heterocycles. The summed E-state index contributed by atoms with van der Waals surface area (Å²) in [6.45, 7) is 7.15. The molecule has 7 heteroatoms. The lowest BCUT2D eigenvalue weighted by Crippen LogP contribution is -2.10. The first-order valence-corrected chi connectivity index (χ1v) is 11.8. The molecule has 0 atom stereocenters. The van der Waals surface area contributed by atoms with Crippen LogP contribution in [0.25, 0.3) is 0 Å². The van der Waals surface area contributed by atoms with Crippen molar-refractivity contribution in [1.82, 2.24) is 0 Å². The number of carbonyl (C=O) groups excluding carboxylic acids is 2. The molecule has 0 radical (unpaired) electrons. The van der Waals surface area contributed by atoms with Gasteiger partial charge >= 0.3 is 11.9 Å². The molecule has 0 saturated carbocycles. The predicted molar refractivity (Wildman–Crippen MR) is 145 cm³/mol. The van der Waals surface area contributed by atoms with E-state index in [9.17, 15) is 14.0 Å². The summed E-state index contributed by atoms with van der Waals surface area (Å²) in [5, 5.41) is 0. The fourth-order valence-corrected chi connectivity index (χ4v) is 3.05. The number of hydrogen-bond donors (Lipinski definition) is 0. The summed E-state index contributed by atoms with van der Waals surface area (Å²) in [5.74, 6) is 11.2. The maximum absolute atomic E-state index is 14.7. The summed E-state index contributed by atoms with van der Waals surface area (Å²) < 4.78 is 35.7. The minimum absolute atomic E-state index is 0.0743. The summed E-state index contributed by atoms with van der Waals surface area (Å²) in [5.41, 5.74) is 1.94. The Morgan fingerprint density at radius 1 is 0.692 bits per heavy atom. The minimum Gasteiger partial charge on any atom is -0.490 e. The van der Waals surface area contributed by atoms with Gasteiger partial charge in [0.15, 0.2) is 0 Å². The fraction of sp³-hybridized carbons (Fsp3) is 0.125. The van der Waals surface area contributed by atoms with E-state index in [-0.39, 0.29) is 32.0 Å². The molecular formula is C32H25FO6. The molecule has 0 spiro atoms. The summed E-state index contributed by atoms with van der Waals surface area (Å²) in [6.07, 6.45) is 2.16. The molecule has 0 unspecified atom stereocenters. The number of benzene rings is 3. The second kappa shape index (κ2) is 15.1. The highest BCUT2D eigenvalue weighted by Crippen LogP contribution is 2.17. The second-order valence-electron chi connectivity index (χ2n) is 7.66.